The Balaban J connectivity index is 1.97. The van der Waals surface area contributed by atoms with E-state index < -0.39 is 0 Å². The minimum atomic E-state index is 1.02. The highest BCUT2D eigenvalue weighted by Gasteiger charge is 2.17. The summed E-state index contributed by atoms with van der Waals surface area (Å²) in [6.45, 7) is 0. The lowest BCUT2D eigenvalue weighted by Gasteiger charge is -2.19. The van der Waals surface area contributed by atoms with Gasteiger partial charge in [-0.05, 0) is 30.3 Å². The first-order valence-electron chi connectivity index (χ1n) is 7.38. The second kappa shape index (κ2) is 4.88. The molecule has 0 amide bonds. The molecule has 22 heavy (non-hydrogen) atoms. The van der Waals surface area contributed by atoms with Gasteiger partial charge in [0.1, 0.15) is 5.82 Å². The Morgan fingerprint density at radius 2 is 1.73 bits per heavy atom. The maximum absolute atomic E-state index is 4.88. The van der Waals surface area contributed by atoms with Crippen LogP contribution in [0.3, 0.4) is 0 Å². The molecule has 0 N–H and O–H groups in total. The van der Waals surface area contributed by atoms with E-state index in [4.69, 9.17) is 4.98 Å². The summed E-state index contributed by atoms with van der Waals surface area (Å²) in [5.41, 5.74) is 4.53. The number of fused-ring (bicyclic) bond motifs is 3. The van der Waals surface area contributed by atoms with Gasteiger partial charge in [0.15, 0.2) is 0 Å². The Bertz CT molecular complexity index is 909. The topological polar surface area (TPSA) is 21.1 Å². The highest BCUT2D eigenvalue weighted by molar-refractivity contribution is 6.03. The number of benzene rings is 2. The fourth-order valence-corrected chi connectivity index (χ4v) is 2.99. The molecule has 3 nitrogen and oxygen atoms in total. The molecule has 2 aliphatic heterocycles. The highest BCUT2D eigenvalue weighted by Crippen LogP contribution is 2.37. The first kappa shape index (κ1) is 12.9. The lowest BCUT2D eigenvalue weighted by atomic mass is 10.1. The Kier molecular flexibility index (Phi) is 2.86. The van der Waals surface area contributed by atoms with Crippen LogP contribution in [0.1, 0.15) is 0 Å². The van der Waals surface area contributed by atoms with Crippen LogP contribution in [0.2, 0.25) is 0 Å². The average Bonchev–Trinajstić information content (AvgIpc) is 2.95. The number of para-hydroxylation sites is 2. The highest BCUT2D eigenvalue weighted by atomic mass is 15.1. The van der Waals surface area contributed by atoms with Crippen molar-refractivity contribution >= 4 is 22.3 Å². The summed E-state index contributed by atoms with van der Waals surface area (Å²) in [7, 11) is 4.12. The fourth-order valence-electron chi connectivity index (χ4n) is 2.99. The normalized spacial score (nSPS) is 11.2. The van der Waals surface area contributed by atoms with Gasteiger partial charge in [-0.1, -0.05) is 30.3 Å². The van der Waals surface area contributed by atoms with Gasteiger partial charge in [0.05, 0.1) is 11.2 Å². The third-order valence-electron chi connectivity index (χ3n) is 4.18. The van der Waals surface area contributed by atoms with Crippen LogP contribution < -0.4 is 4.90 Å². The van der Waals surface area contributed by atoms with Gasteiger partial charge in [0.2, 0.25) is 0 Å². The van der Waals surface area contributed by atoms with Crippen molar-refractivity contribution < 1.29 is 0 Å². The van der Waals surface area contributed by atoms with Crippen molar-refractivity contribution in [2.24, 2.45) is 7.05 Å². The molecule has 4 rings (SSSR count). The monoisotopic (exact) mass is 287 g/mol. The molecule has 2 aromatic rings. The van der Waals surface area contributed by atoms with E-state index in [2.05, 4.69) is 71.1 Å². The molecule has 0 aliphatic carbocycles. The lowest BCUT2D eigenvalue weighted by molar-refractivity contribution is 0.893. The summed E-state index contributed by atoms with van der Waals surface area (Å²) >= 11 is 0. The van der Waals surface area contributed by atoms with E-state index in [1.807, 2.05) is 19.3 Å². The standard InChI is InChI=1S/C19H17N3/c1-21-13-7-11-16-15-10-6-12-17(18(15)20-19(16)21)22(2)14-8-4-3-5-9-14/h3-13H,1-2H3. The third-order valence-corrected chi connectivity index (χ3v) is 4.18. The van der Waals surface area contributed by atoms with Crippen molar-refractivity contribution in [1.82, 2.24) is 9.55 Å². The number of hydrogen-bond acceptors (Lipinski definition) is 2. The molecular weight excluding hydrogens is 270 g/mol. The number of anilines is 2. The first-order chi connectivity index (χ1) is 10.8. The van der Waals surface area contributed by atoms with Crippen LogP contribution in [-0.2, 0) is 7.05 Å². The predicted octanol–water partition coefficient (Wildman–Crippen LogP) is 4.45. The van der Waals surface area contributed by atoms with Gasteiger partial charge in [0.25, 0.3) is 0 Å². The van der Waals surface area contributed by atoms with Crippen LogP contribution >= 0.6 is 0 Å². The number of rotatable bonds is 2. The summed E-state index contributed by atoms with van der Waals surface area (Å²) in [6.07, 6.45) is 2.04. The summed E-state index contributed by atoms with van der Waals surface area (Å²) in [5, 5.41) is 1.20. The van der Waals surface area contributed by atoms with E-state index in [-0.39, 0.29) is 0 Å². The van der Waals surface area contributed by atoms with Crippen molar-refractivity contribution in [2.75, 3.05) is 11.9 Å². The van der Waals surface area contributed by atoms with Crippen LogP contribution in [0.5, 0.6) is 0 Å². The molecular formula is C19H17N3. The van der Waals surface area contributed by atoms with E-state index in [0.29, 0.717) is 0 Å². The number of pyridine rings is 1. The molecule has 0 atom stereocenters. The Hall–Kier alpha value is -2.81. The molecule has 0 aromatic heterocycles. The van der Waals surface area contributed by atoms with E-state index >= 15 is 0 Å². The zero-order chi connectivity index (χ0) is 15.1. The van der Waals surface area contributed by atoms with Crippen LogP contribution in [-0.4, -0.2) is 16.6 Å². The predicted molar refractivity (Wildman–Crippen MR) is 91.8 cm³/mol. The molecule has 108 valence electrons. The maximum atomic E-state index is 4.88. The Morgan fingerprint density at radius 3 is 2.55 bits per heavy atom. The molecule has 0 fully saturated rings. The van der Waals surface area contributed by atoms with Gasteiger partial charge in [-0.3, -0.25) is 0 Å². The quantitative estimate of drug-likeness (QED) is 0.543. The fraction of sp³-hybridized carbons (Fsp3) is 0.105. The molecule has 0 radical (unpaired) electrons. The maximum Gasteiger partial charge on any atom is 0.141 e. The number of aromatic nitrogens is 2. The summed E-state index contributed by atoms with van der Waals surface area (Å²) in [5.74, 6) is 1.02. The summed E-state index contributed by atoms with van der Waals surface area (Å²) in [6, 6.07) is 20.9. The number of aryl methyl sites for hydroxylation is 1. The van der Waals surface area contributed by atoms with E-state index in [0.717, 1.165) is 22.7 Å². The lowest BCUT2D eigenvalue weighted by Crippen LogP contribution is -2.09. The zero-order valence-corrected chi connectivity index (χ0v) is 12.7. The molecule has 0 unspecified atom stereocenters. The smallest absolute Gasteiger partial charge is 0.141 e. The molecule has 2 aromatic carbocycles. The van der Waals surface area contributed by atoms with Crippen molar-refractivity contribution in [3.63, 3.8) is 0 Å². The van der Waals surface area contributed by atoms with Crippen LogP contribution in [0.25, 0.3) is 22.3 Å². The van der Waals surface area contributed by atoms with Gasteiger partial charge in [0, 0.05) is 36.9 Å². The molecule has 0 bridgehead atoms. The minimum Gasteiger partial charge on any atom is -0.343 e. The van der Waals surface area contributed by atoms with Gasteiger partial charge < -0.3 is 9.47 Å². The molecule has 0 spiro atoms. The van der Waals surface area contributed by atoms with Crippen LogP contribution in [0.15, 0.2) is 66.9 Å². The van der Waals surface area contributed by atoms with Gasteiger partial charge in [-0.25, -0.2) is 4.98 Å². The van der Waals surface area contributed by atoms with Crippen molar-refractivity contribution in [3.8, 4) is 11.4 Å². The van der Waals surface area contributed by atoms with Gasteiger partial charge >= 0.3 is 0 Å². The minimum absolute atomic E-state index is 1.02. The van der Waals surface area contributed by atoms with Crippen LogP contribution in [0, 0.1) is 0 Å². The van der Waals surface area contributed by atoms with Gasteiger partial charge in [-0.2, -0.15) is 0 Å². The van der Waals surface area contributed by atoms with E-state index in [1.54, 1.807) is 0 Å². The largest absolute Gasteiger partial charge is 0.343 e. The van der Waals surface area contributed by atoms with Crippen molar-refractivity contribution in [3.05, 3.63) is 66.9 Å². The second-order valence-corrected chi connectivity index (χ2v) is 5.54. The SMILES string of the molecule is CN(c1ccccc1)c1cccc2c3cccn(C)c-3nc12. The molecule has 2 aliphatic rings. The Labute approximate surface area is 129 Å². The molecule has 3 heteroatoms. The summed E-state index contributed by atoms with van der Waals surface area (Å²) in [4.78, 5) is 7.07. The number of hydrogen-bond donors (Lipinski definition) is 0. The Morgan fingerprint density at radius 1 is 0.909 bits per heavy atom. The van der Waals surface area contributed by atoms with Crippen LogP contribution in [0.4, 0.5) is 11.4 Å². The first-order valence-corrected chi connectivity index (χ1v) is 7.38. The zero-order valence-electron chi connectivity index (χ0n) is 12.7. The van der Waals surface area contributed by atoms with Crippen molar-refractivity contribution in [1.29, 1.82) is 0 Å². The molecule has 0 saturated carbocycles. The molecule has 2 heterocycles. The summed E-state index contributed by atoms with van der Waals surface area (Å²) < 4.78 is 2.07. The number of nitrogens with zero attached hydrogens (tertiary/aromatic N) is 3. The molecule has 0 saturated heterocycles. The second-order valence-electron chi connectivity index (χ2n) is 5.54. The van der Waals surface area contributed by atoms with E-state index in [9.17, 15) is 0 Å². The van der Waals surface area contributed by atoms with Crippen molar-refractivity contribution in [2.45, 2.75) is 0 Å². The average molecular weight is 287 g/mol. The third kappa shape index (κ3) is 1.86. The van der Waals surface area contributed by atoms with Gasteiger partial charge in [-0.15, -0.1) is 0 Å². The van der Waals surface area contributed by atoms with E-state index in [1.165, 1.54) is 10.9 Å².